The number of benzene rings is 1. The van der Waals surface area contributed by atoms with Crippen LogP contribution in [0.1, 0.15) is 45.5 Å². The molecule has 0 aromatic heterocycles. The Morgan fingerprint density at radius 1 is 1.30 bits per heavy atom. The van der Waals surface area contributed by atoms with Gasteiger partial charge in [-0.2, -0.15) is 0 Å². The lowest BCUT2D eigenvalue weighted by molar-refractivity contribution is -0.140. The van der Waals surface area contributed by atoms with Crippen LogP contribution in [0.2, 0.25) is 5.02 Å². The fourth-order valence-electron chi connectivity index (χ4n) is 2.47. The lowest BCUT2D eigenvalue weighted by Gasteiger charge is -2.32. The third kappa shape index (κ3) is 3.70. The van der Waals surface area contributed by atoms with Crippen molar-refractivity contribution in [3.8, 4) is 0 Å². The van der Waals surface area contributed by atoms with Crippen LogP contribution in [0.5, 0.6) is 0 Å². The molecule has 1 heterocycles. The van der Waals surface area contributed by atoms with Gasteiger partial charge in [-0.3, -0.25) is 4.79 Å². The molecule has 126 valence electrons. The molecule has 1 aromatic rings. The molecule has 1 aliphatic rings. The largest absolute Gasteiger partial charge is 0.469 e. The standard InChI is InChI=1S/C16H21BClFO4/c1-15(2)16(3,4)23-17(22-15)12(9-14(20)21-5)11-8-10(19)6-7-13(11)18/h6-8,12H,9H2,1-5H3. The third-order valence-corrected chi connectivity index (χ3v) is 4.92. The van der Waals surface area contributed by atoms with Gasteiger partial charge in [0.15, 0.2) is 0 Å². The Labute approximate surface area is 141 Å². The van der Waals surface area contributed by atoms with Gasteiger partial charge < -0.3 is 14.0 Å². The summed E-state index contributed by atoms with van der Waals surface area (Å²) >= 11 is 6.21. The molecule has 2 rings (SSSR count). The van der Waals surface area contributed by atoms with Crippen LogP contribution >= 0.6 is 11.6 Å². The Kier molecular flexibility index (Phi) is 5.09. The van der Waals surface area contributed by atoms with Crippen LogP contribution < -0.4 is 0 Å². The lowest BCUT2D eigenvalue weighted by Crippen LogP contribution is -2.41. The summed E-state index contributed by atoms with van der Waals surface area (Å²) in [6, 6.07) is 4.04. The Morgan fingerprint density at radius 2 is 1.87 bits per heavy atom. The molecule has 0 bridgehead atoms. The molecule has 0 N–H and O–H groups in total. The van der Waals surface area contributed by atoms with Gasteiger partial charge in [-0.1, -0.05) is 11.6 Å². The number of hydrogen-bond acceptors (Lipinski definition) is 4. The number of carbonyl (C=O) groups is 1. The Balaban J connectivity index is 2.40. The van der Waals surface area contributed by atoms with E-state index in [4.69, 9.17) is 25.6 Å². The van der Waals surface area contributed by atoms with E-state index in [9.17, 15) is 9.18 Å². The maximum atomic E-state index is 13.7. The molecule has 7 heteroatoms. The van der Waals surface area contributed by atoms with Crippen molar-refractivity contribution in [3.63, 3.8) is 0 Å². The Bertz CT molecular complexity index is 590. The van der Waals surface area contributed by atoms with Crippen molar-refractivity contribution in [2.24, 2.45) is 0 Å². The van der Waals surface area contributed by atoms with Crippen LogP contribution in [-0.4, -0.2) is 31.4 Å². The van der Waals surface area contributed by atoms with Gasteiger partial charge in [0.2, 0.25) is 0 Å². The molecule has 0 amide bonds. The number of rotatable bonds is 4. The first-order valence-electron chi connectivity index (χ1n) is 7.45. The Morgan fingerprint density at radius 3 is 2.39 bits per heavy atom. The second-order valence-corrected chi connectivity index (χ2v) is 7.08. The summed E-state index contributed by atoms with van der Waals surface area (Å²) in [5.41, 5.74) is -0.659. The summed E-state index contributed by atoms with van der Waals surface area (Å²) in [4.78, 5) is 11.8. The SMILES string of the molecule is COC(=O)CC(B1OC(C)(C)C(C)(C)O1)c1cc(F)ccc1Cl. The normalized spacial score (nSPS) is 20.4. The summed E-state index contributed by atoms with van der Waals surface area (Å²) in [6.07, 6.45) is -0.0174. The maximum absolute atomic E-state index is 13.7. The number of ether oxygens (including phenoxy) is 1. The van der Waals surface area contributed by atoms with E-state index in [1.54, 1.807) is 0 Å². The zero-order chi connectivity index (χ0) is 17.4. The molecule has 0 spiro atoms. The highest BCUT2D eigenvalue weighted by Gasteiger charge is 2.54. The van der Waals surface area contributed by atoms with Gasteiger partial charge in [-0.05, 0) is 51.5 Å². The van der Waals surface area contributed by atoms with E-state index in [1.165, 1.54) is 25.3 Å². The molecule has 1 aliphatic heterocycles. The van der Waals surface area contributed by atoms with E-state index in [1.807, 2.05) is 27.7 Å². The quantitative estimate of drug-likeness (QED) is 0.617. The average molecular weight is 343 g/mol. The first-order valence-corrected chi connectivity index (χ1v) is 7.82. The van der Waals surface area contributed by atoms with Crippen molar-refractivity contribution in [3.05, 3.63) is 34.6 Å². The zero-order valence-corrected chi connectivity index (χ0v) is 14.7. The van der Waals surface area contributed by atoms with Gasteiger partial charge in [0.05, 0.1) is 24.7 Å². The molecular weight excluding hydrogens is 321 g/mol. The van der Waals surface area contributed by atoms with E-state index in [-0.39, 0.29) is 6.42 Å². The molecule has 1 aromatic carbocycles. The van der Waals surface area contributed by atoms with Crippen molar-refractivity contribution in [1.29, 1.82) is 0 Å². The first-order chi connectivity index (χ1) is 10.6. The minimum atomic E-state index is -0.724. The van der Waals surface area contributed by atoms with Crippen LogP contribution in [0.15, 0.2) is 18.2 Å². The fraction of sp³-hybridized carbons (Fsp3) is 0.562. The molecule has 4 nitrogen and oxygen atoms in total. The van der Waals surface area contributed by atoms with Crippen molar-refractivity contribution >= 4 is 24.7 Å². The molecule has 1 unspecified atom stereocenters. The highest BCUT2D eigenvalue weighted by molar-refractivity contribution is 6.48. The number of esters is 1. The number of methoxy groups -OCH3 is 1. The monoisotopic (exact) mass is 342 g/mol. The minimum absolute atomic E-state index is 0.0174. The molecule has 0 saturated carbocycles. The van der Waals surface area contributed by atoms with E-state index < -0.39 is 35.9 Å². The predicted molar refractivity (Wildman–Crippen MR) is 86.9 cm³/mol. The molecule has 1 fully saturated rings. The van der Waals surface area contributed by atoms with Gasteiger partial charge >= 0.3 is 13.1 Å². The fourth-order valence-corrected chi connectivity index (χ4v) is 2.73. The highest BCUT2D eigenvalue weighted by Crippen LogP contribution is 2.43. The van der Waals surface area contributed by atoms with Crippen LogP contribution in [0.4, 0.5) is 4.39 Å². The zero-order valence-electron chi connectivity index (χ0n) is 14.0. The van der Waals surface area contributed by atoms with Crippen LogP contribution in [-0.2, 0) is 18.8 Å². The van der Waals surface area contributed by atoms with Crippen LogP contribution in [0, 0.1) is 5.82 Å². The first kappa shape index (κ1) is 18.2. The molecule has 0 aliphatic carbocycles. The van der Waals surface area contributed by atoms with Gasteiger partial charge in [0, 0.05) is 10.8 Å². The van der Waals surface area contributed by atoms with E-state index >= 15 is 0 Å². The average Bonchev–Trinajstić information content (AvgIpc) is 2.67. The van der Waals surface area contributed by atoms with Crippen molar-refractivity contribution < 1.29 is 23.2 Å². The summed E-state index contributed by atoms with van der Waals surface area (Å²) < 4.78 is 30.4. The minimum Gasteiger partial charge on any atom is -0.469 e. The number of carbonyl (C=O) groups excluding carboxylic acids is 1. The van der Waals surface area contributed by atoms with Crippen molar-refractivity contribution in [2.45, 2.75) is 51.1 Å². The molecule has 1 atom stereocenters. The lowest BCUT2D eigenvalue weighted by atomic mass is 9.66. The second-order valence-electron chi connectivity index (χ2n) is 6.68. The molecular formula is C16H21BClFO4. The molecule has 23 heavy (non-hydrogen) atoms. The van der Waals surface area contributed by atoms with Crippen LogP contribution in [0.3, 0.4) is 0 Å². The summed E-state index contributed by atoms with van der Waals surface area (Å²) in [5, 5.41) is 0.356. The number of hydrogen-bond donors (Lipinski definition) is 0. The maximum Gasteiger partial charge on any atom is 0.466 e. The van der Waals surface area contributed by atoms with Crippen molar-refractivity contribution in [2.75, 3.05) is 7.11 Å². The topological polar surface area (TPSA) is 44.8 Å². The van der Waals surface area contributed by atoms with Gasteiger partial charge in [-0.25, -0.2) is 4.39 Å². The highest BCUT2D eigenvalue weighted by atomic mass is 35.5. The van der Waals surface area contributed by atoms with Crippen LogP contribution in [0.25, 0.3) is 0 Å². The summed E-state index contributed by atoms with van der Waals surface area (Å²) in [6.45, 7) is 7.65. The second kappa shape index (κ2) is 6.42. The van der Waals surface area contributed by atoms with E-state index in [2.05, 4.69) is 0 Å². The summed E-state index contributed by atoms with van der Waals surface area (Å²) in [7, 11) is 0.579. The van der Waals surface area contributed by atoms with Gasteiger partial charge in [0.1, 0.15) is 5.82 Å². The molecule has 1 saturated heterocycles. The summed E-state index contributed by atoms with van der Waals surface area (Å²) in [5.74, 6) is -1.44. The third-order valence-electron chi connectivity index (χ3n) is 4.57. The molecule has 0 radical (unpaired) electrons. The van der Waals surface area contributed by atoms with E-state index in [0.29, 0.717) is 10.6 Å². The Hall–Kier alpha value is -1.11. The van der Waals surface area contributed by atoms with Gasteiger partial charge in [0.25, 0.3) is 0 Å². The van der Waals surface area contributed by atoms with E-state index in [0.717, 1.165) is 0 Å². The van der Waals surface area contributed by atoms with Crippen molar-refractivity contribution in [1.82, 2.24) is 0 Å². The predicted octanol–water partition coefficient (Wildman–Crippen LogP) is 3.76. The van der Waals surface area contributed by atoms with Gasteiger partial charge in [-0.15, -0.1) is 0 Å². The smallest absolute Gasteiger partial charge is 0.466 e. The number of halogens is 2.